The highest BCUT2D eigenvalue weighted by Crippen LogP contribution is 2.41. The van der Waals surface area contributed by atoms with Crippen molar-refractivity contribution in [1.82, 2.24) is 0 Å². The SMILES string of the molecule is O=C(CSCCN1c2cccc3cccc(c23)S1(=O)=O)Nc1ccc(F)cc1F. The molecule has 0 aliphatic carbocycles. The molecule has 150 valence electrons. The lowest BCUT2D eigenvalue weighted by atomic mass is 10.1. The molecule has 0 radical (unpaired) electrons. The molecule has 1 aliphatic rings. The van der Waals surface area contributed by atoms with Crippen LogP contribution in [0.25, 0.3) is 10.8 Å². The minimum absolute atomic E-state index is 0.0157. The summed E-state index contributed by atoms with van der Waals surface area (Å²) in [6.07, 6.45) is 0. The minimum atomic E-state index is -3.62. The maximum atomic E-state index is 13.6. The van der Waals surface area contributed by atoms with Crippen molar-refractivity contribution in [2.24, 2.45) is 0 Å². The molecule has 9 heteroatoms. The van der Waals surface area contributed by atoms with Gasteiger partial charge < -0.3 is 5.32 Å². The van der Waals surface area contributed by atoms with E-state index in [9.17, 15) is 22.0 Å². The molecule has 0 bridgehead atoms. The smallest absolute Gasteiger partial charge is 0.265 e. The third-order valence-corrected chi connectivity index (χ3v) is 7.35. The quantitative estimate of drug-likeness (QED) is 0.596. The first kappa shape index (κ1) is 19.7. The first-order chi connectivity index (χ1) is 13.9. The van der Waals surface area contributed by atoms with Crippen LogP contribution in [0.2, 0.25) is 0 Å². The second-order valence-electron chi connectivity index (χ2n) is 6.43. The van der Waals surface area contributed by atoms with Gasteiger partial charge in [-0.1, -0.05) is 24.3 Å². The predicted molar refractivity (Wildman–Crippen MR) is 111 cm³/mol. The van der Waals surface area contributed by atoms with Gasteiger partial charge in [-0.2, -0.15) is 11.8 Å². The van der Waals surface area contributed by atoms with Gasteiger partial charge in [0.05, 0.1) is 22.0 Å². The van der Waals surface area contributed by atoms with Gasteiger partial charge >= 0.3 is 0 Å². The van der Waals surface area contributed by atoms with Crippen molar-refractivity contribution in [3.63, 3.8) is 0 Å². The lowest BCUT2D eigenvalue weighted by molar-refractivity contribution is -0.113. The topological polar surface area (TPSA) is 66.5 Å². The number of nitrogens with zero attached hydrogens (tertiary/aromatic N) is 1. The summed E-state index contributed by atoms with van der Waals surface area (Å²) < 4.78 is 53.6. The number of anilines is 2. The Morgan fingerprint density at radius 2 is 1.83 bits per heavy atom. The van der Waals surface area contributed by atoms with Gasteiger partial charge in [-0.15, -0.1) is 0 Å². The molecule has 0 aromatic heterocycles. The molecule has 4 rings (SSSR count). The number of hydrogen-bond donors (Lipinski definition) is 1. The molecule has 29 heavy (non-hydrogen) atoms. The highest BCUT2D eigenvalue weighted by molar-refractivity contribution is 8.00. The number of hydrogen-bond acceptors (Lipinski definition) is 4. The van der Waals surface area contributed by atoms with E-state index in [0.717, 1.165) is 17.5 Å². The van der Waals surface area contributed by atoms with Crippen molar-refractivity contribution in [1.29, 1.82) is 0 Å². The zero-order chi connectivity index (χ0) is 20.6. The van der Waals surface area contributed by atoms with Crippen LogP contribution < -0.4 is 9.62 Å². The van der Waals surface area contributed by atoms with Gasteiger partial charge in [0.25, 0.3) is 10.0 Å². The number of sulfonamides is 1. The first-order valence-corrected chi connectivity index (χ1v) is 11.3. The van der Waals surface area contributed by atoms with Gasteiger partial charge in [0.2, 0.25) is 5.91 Å². The van der Waals surface area contributed by atoms with Crippen LogP contribution >= 0.6 is 11.8 Å². The van der Waals surface area contributed by atoms with Gasteiger partial charge in [0.15, 0.2) is 0 Å². The van der Waals surface area contributed by atoms with Crippen LogP contribution in [0.15, 0.2) is 59.5 Å². The standard InChI is InChI=1S/C20H16F2N2O3S2/c21-14-7-8-16(15(22)11-14)23-19(25)12-28-10-9-24-17-5-1-3-13-4-2-6-18(20(13)17)29(24,26)27/h1-8,11H,9-10,12H2,(H,23,25). The molecule has 1 amide bonds. The first-order valence-electron chi connectivity index (χ1n) is 8.75. The average Bonchev–Trinajstić information content (AvgIpc) is 2.90. The van der Waals surface area contributed by atoms with E-state index in [1.54, 1.807) is 18.2 Å². The van der Waals surface area contributed by atoms with Gasteiger partial charge in [-0.3, -0.25) is 9.10 Å². The molecule has 1 aliphatic heterocycles. The number of thioether (sulfide) groups is 1. The Kier molecular flexibility index (Phi) is 5.18. The number of carbonyl (C=O) groups is 1. The van der Waals surface area contributed by atoms with Crippen LogP contribution in [-0.4, -0.2) is 32.4 Å². The summed E-state index contributed by atoms with van der Waals surface area (Å²) in [6.45, 7) is 0.207. The minimum Gasteiger partial charge on any atom is -0.323 e. The van der Waals surface area contributed by atoms with Crippen molar-refractivity contribution in [2.75, 3.05) is 27.7 Å². The van der Waals surface area contributed by atoms with E-state index >= 15 is 0 Å². The summed E-state index contributed by atoms with van der Waals surface area (Å²) in [5, 5.41) is 3.95. The second-order valence-corrected chi connectivity index (χ2v) is 9.37. The molecule has 0 saturated heterocycles. The molecule has 1 N–H and O–H groups in total. The Balaban J connectivity index is 1.38. The van der Waals surface area contributed by atoms with E-state index < -0.39 is 27.6 Å². The Hall–Kier alpha value is -2.65. The fourth-order valence-electron chi connectivity index (χ4n) is 3.29. The molecule has 0 unspecified atom stereocenters. The number of rotatable bonds is 6. The zero-order valence-corrected chi connectivity index (χ0v) is 16.7. The van der Waals surface area contributed by atoms with Crippen LogP contribution in [0.1, 0.15) is 0 Å². The summed E-state index contributed by atoms with van der Waals surface area (Å²) in [5.41, 5.74) is 0.540. The molecule has 1 heterocycles. The van der Waals surface area contributed by atoms with Gasteiger partial charge in [0, 0.05) is 23.8 Å². The summed E-state index contributed by atoms with van der Waals surface area (Å²) in [5.74, 6) is -1.63. The third kappa shape index (κ3) is 3.67. The molecule has 0 saturated carbocycles. The molecular formula is C20H16F2N2O3S2. The van der Waals surface area contributed by atoms with Crippen LogP contribution in [0, 0.1) is 11.6 Å². The Morgan fingerprint density at radius 3 is 2.59 bits per heavy atom. The Bertz CT molecular complexity index is 1210. The molecule has 3 aromatic rings. The molecule has 3 aromatic carbocycles. The number of halogens is 2. The summed E-state index contributed by atoms with van der Waals surface area (Å²) in [4.78, 5) is 12.3. The molecular weight excluding hydrogens is 418 g/mol. The normalized spacial score (nSPS) is 14.3. The van der Waals surface area contributed by atoms with Crippen molar-refractivity contribution in [2.45, 2.75) is 4.90 Å². The van der Waals surface area contributed by atoms with E-state index in [2.05, 4.69) is 5.32 Å². The predicted octanol–water partition coefficient (Wildman–Crippen LogP) is 4.00. The van der Waals surface area contributed by atoms with Crippen molar-refractivity contribution in [3.05, 3.63) is 66.2 Å². The van der Waals surface area contributed by atoms with Crippen molar-refractivity contribution < 1.29 is 22.0 Å². The molecule has 0 spiro atoms. The lowest BCUT2D eigenvalue weighted by Gasteiger charge is -2.18. The highest BCUT2D eigenvalue weighted by atomic mass is 32.2. The third-order valence-electron chi connectivity index (χ3n) is 4.56. The zero-order valence-electron chi connectivity index (χ0n) is 15.1. The van der Waals surface area contributed by atoms with Crippen molar-refractivity contribution >= 4 is 49.8 Å². The number of benzene rings is 3. The van der Waals surface area contributed by atoms with Gasteiger partial charge in [0.1, 0.15) is 11.6 Å². The fourth-order valence-corrected chi connectivity index (χ4v) is 5.83. The van der Waals surface area contributed by atoms with E-state index in [4.69, 9.17) is 0 Å². The Morgan fingerprint density at radius 1 is 1.07 bits per heavy atom. The summed E-state index contributed by atoms with van der Waals surface area (Å²) in [6, 6.07) is 13.5. The molecule has 5 nitrogen and oxygen atoms in total. The van der Waals surface area contributed by atoms with E-state index in [0.29, 0.717) is 27.8 Å². The summed E-state index contributed by atoms with van der Waals surface area (Å²) in [7, 11) is -3.62. The second kappa shape index (κ2) is 7.64. The highest BCUT2D eigenvalue weighted by Gasteiger charge is 2.34. The number of carbonyl (C=O) groups excluding carboxylic acids is 1. The number of nitrogens with one attached hydrogen (secondary N) is 1. The molecule has 0 fully saturated rings. The van der Waals surface area contributed by atoms with Gasteiger partial charge in [-0.25, -0.2) is 17.2 Å². The number of amides is 1. The van der Waals surface area contributed by atoms with Gasteiger partial charge in [-0.05, 0) is 29.7 Å². The maximum Gasteiger partial charge on any atom is 0.265 e. The molecule has 0 atom stereocenters. The summed E-state index contributed by atoms with van der Waals surface area (Å²) >= 11 is 1.23. The van der Waals surface area contributed by atoms with E-state index in [1.165, 1.54) is 16.1 Å². The monoisotopic (exact) mass is 434 g/mol. The van der Waals surface area contributed by atoms with Crippen LogP contribution in [0.4, 0.5) is 20.2 Å². The maximum absolute atomic E-state index is 13.6. The van der Waals surface area contributed by atoms with Crippen LogP contribution in [-0.2, 0) is 14.8 Å². The van der Waals surface area contributed by atoms with E-state index in [1.807, 2.05) is 18.2 Å². The van der Waals surface area contributed by atoms with Crippen molar-refractivity contribution in [3.8, 4) is 0 Å². The van der Waals surface area contributed by atoms with Crippen LogP contribution in [0.5, 0.6) is 0 Å². The average molecular weight is 434 g/mol. The Labute approximate surface area is 170 Å². The van der Waals surface area contributed by atoms with Crippen LogP contribution in [0.3, 0.4) is 0 Å². The fraction of sp³-hybridized carbons (Fsp3) is 0.150. The lowest BCUT2D eigenvalue weighted by Crippen LogP contribution is -2.29. The largest absolute Gasteiger partial charge is 0.323 e. The van der Waals surface area contributed by atoms with E-state index in [-0.39, 0.29) is 18.0 Å².